The molecule has 3 rings (SSSR count). The van der Waals surface area contributed by atoms with E-state index in [1.54, 1.807) is 37.3 Å². The fourth-order valence-electron chi connectivity index (χ4n) is 2.55. The number of aromatic nitrogens is 1. The van der Waals surface area contributed by atoms with Crippen LogP contribution in [0.3, 0.4) is 0 Å². The van der Waals surface area contributed by atoms with Gasteiger partial charge in [-0.25, -0.2) is 4.79 Å². The zero-order valence-electron chi connectivity index (χ0n) is 14.8. The molecular formula is C20H17ClN2O4. The van der Waals surface area contributed by atoms with Crippen LogP contribution in [0.1, 0.15) is 21.7 Å². The Morgan fingerprint density at radius 2 is 1.81 bits per heavy atom. The van der Waals surface area contributed by atoms with Crippen LogP contribution in [0.4, 0.5) is 5.69 Å². The molecule has 0 atom stereocenters. The summed E-state index contributed by atoms with van der Waals surface area (Å²) in [5.41, 5.74) is 2.55. The van der Waals surface area contributed by atoms with Gasteiger partial charge in [0, 0.05) is 11.3 Å². The summed E-state index contributed by atoms with van der Waals surface area (Å²) in [4.78, 5) is 24.6. The predicted molar refractivity (Wildman–Crippen MR) is 102 cm³/mol. The SMILES string of the molecule is Cc1ccccc1NC(=O)COC(=O)c1c(-c2ccccc2Cl)noc1C. The second-order valence-electron chi connectivity index (χ2n) is 5.88. The van der Waals surface area contributed by atoms with Gasteiger partial charge in [0.1, 0.15) is 17.0 Å². The van der Waals surface area contributed by atoms with E-state index in [-0.39, 0.29) is 17.0 Å². The van der Waals surface area contributed by atoms with E-state index in [2.05, 4.69) is 10.5 Å². The maximum Gasteiger partial charge on any atom is 0.344 e. The number of halogens is 1. The molecule has 27 heavy (non-hydrogen) atoms. The van der Waals surface area contributed by atoms with Crippen molar-refractivity contribution in [3.8, 4) is 11.3 Å². The van der Waals surface area contributed by atoms with Gasteiger partial charge in [0.2, 0.25) is 0 Å². The summed E-state index contributed by atoms with van der Waals surface area (Å²) in [6.07, 6.45) is 0. The highest BCUT2D eigenvalue weighted by atomic mass is 35.5. The number of nitrogens with one attached hydrogen (secondary N) is 1. The number of hydrogen-bond acceptors (Lipinski definition) is 5. The fourth-order valence-corrected chi connectivity index (χ4v) is 2.78. The number of anilines is 1. The lowest BCUT2D eigenvalue weighted by atomic mass is 10.1. The maximum atomic E-state index is 12.5. The third-order valence-corrected chi connectivity index (χ3v) is 4.28. The minimum Gasteiger partial charge on any atom is -0.452 e. The number of nitrogens with zero attached hydrogens (tertiary/aromatic N) is 1. The van der Waals surface area contributed by atoms with E-state index < -0.39 is 18.5 Å². The Kier molecular flexibility index (Phi) is 5.57. The summed E-state index contributed by atoms with van der Waals surface area (Å²) in [6.45, 7) is 3.04. The Labute approximate surface area is 161 Å². The minimum absolute atomic E-state index is 0.145. The van der Waals surface area contributed by atoms with Crippen LogP contribution in [-0.2, 0) is 9.53 Å². The smallest absolute Gasteiger partial charge is 0.344 e. The van der Waals surface area contributed by atoms with Crippen molar-refractivity contribution in [2.75, 3.05) is 11.9 Å². The maximum absolute atomic E-state index is 12.5. The van der Waals surface area contributed by atoms with Crippen molar-refractivity contribution in [3.63, 3.8) is 0 Å². The Bertz CT molecular complexity index is 997. The second kappa shape index (κ2) is 8.05. The molecule has 1 aromatic heterocycles. The molecule has 3 aromatic rings. The molecule has 1 amide bonds. The number of aryl methyl sites for hydroxylation is 2. The number of esters is 1. The van der Waals surface area contributed by atoms with Gasteiger partial charge in [0.15, 0.2) is 6.61 Å². The molecule has 0 saturated carbocycles. The monoisotopic (exact) mass is 384 g/mol. The number of benzene rings is 2. The summed E-state index contributed by atoms with van der Waals surface area (Å²) in [5.74, 6) is -0.858. The predicted octanol–water partition coefficient (Wildman–Crippen LogP) is 4.41. The molecule has 0 unspecified atom stereocenters. The molecular weight excluding hydrogens is 368 g/mol. The fraction of sp³-hybridized carbons (Fsp3) is 0.150. The first kappa shape index (κ1) is 18.7. The Balaban J connectivity index is 1.72. The first-order valence-corrected chi connectivity index (χ1v) is 8.59. The molecule has 0 spiro atoms. The molecule has 1 heterocycles. The largest absolute Gasteiger partial charge is 0.452 e. The summed E-state index contributed by atoms with van der Waals surface area (Å²) in [7, 11) is 0. The highest BCUT2D eigenvalue weighted by Gasteiger charge is 2.24. The van der Waals surface area contributed by atoms with Crippen LogP contribution in [0.25, 0.3) is 11.3 Å². The number of ether oxygens (including phenoxy) is 1. The van der Waals surface area contributed by atoms with Crippen LogP contribution in [0.15, 0.2) is 53.1 Å². The van der Waals surface area contributed by atoms with Crippen molar-refractivity contribution in [3.05, 3.63) is 70.4 Å². The number of hydrogen-bond donors (Lipinski definition) is 1. The molecule has 0 aliphatic carbocycles. The average Bonchev–Trinajstić information content (AvgIpc) is 3.03. The Morgan fingerprint density at radius 3 is 2.56 bits per heavy atom. The third kappa shape index (κ3) is 4.17. The van der Waals surface area contributed by atoms with Gasteiger partial charge in [-0.1, -0.05) is 53.2 Å². The first-order valence-electron chi connectivity index (χ1n) is 8.21. The molecule has 7 heteroatoms. The highest BCUT2D eigenvalue weighted by molar-refractivity contribution is 6.33. The molecule has 0 radical (unpaired) electrons. The van der Waals surface area contributed by atoms with Crippen LogP contribution in [0, 0.1) is 13.8 Å². The molecule has 1 N–H and O–H groups in total. The van der Waals surface area contributed by atoms with E-state index in [1.807, 2.05) is 25.1 Å². The molecule has 6 nitrogen and oxygen atoms in total. The second-order valence-corrected chi connectivity index (χ2v) is 6.29. The van der Waals surface area contributed by atoms with Gasteiger partial charge in [-0.3, -0.25) is 4.79 Å². The van der Waals surface area contributed by atoms with Gasteiger partial charge in [0.05, 0.1) is 5.02 Å². The zero-order chi connectivity index (χ0) is 19.4. The van der Waals surface area contributed by atoms with Gasteiger partial charge in [-0.05, 0) is 31.5 Å². The van der Waals surface area contributed by atoms with Gasteiger partial charge >= 0.3 is 5.97 Å². The van der Waals surface area contributed by atoms with Crippen LogP contribution < -0.4 is 5.32 Å². The van der Waals surface area contributed by atoms with Crippen molar-refractivity contribution in [2.24, 2.45) is 0 Å². The summed E-state index contributed by atoms with van der Waals surface area (Å²) in [6, 6.07) is 14.3. The number of amides is 1. The molecule has 0 bridgehead atoms. The molecule has 0 aliphatic rings. The van der Waals surface area contributed by atoms with Gasteiger partial charge in [-0.15, -0.1) is 0 Å². The molecule has 0 aliphatic heterocycles. The number of carbonyl (C=O) groups excluding carboxylic acids is 2. The van der Waals surface area contributed by atoms with Gasteiger partial charge in [-0.2, -0.15) is 0 Å². The van der Waals surface area contributed by atoms with Crippen LogP contribution in [0.2, 0.25) is 5.02 Å². The minimum atomic E-state index is -0.705. The van der Waals surface area contributed by atoms with E-state index in [0.29, 0.717) is 16.3 Å². The highest BCUT2D eigenvalue weighted by Crippen LogP contribution is 2.31. The van der Waals surface area contributed by atoms with Crippen molar-refractivity contribution in [1.82, 2.24) is 5.16 Å². The summed E-state index contributed by atoms with van der Waals surface area (Å²) < 4.78 is 10.3. The van der Waals surface area contributed by atoms with Crippen molar-refractivity contribution in [1.29, 1.82) is 0 Å². The average molecular weight is 385 g/mol. The number of para-hydroxylation sites is 1. The van der Waals surface area contributed by atoms with Crippen LogP contribution in [0.5, 0.6) is 0 Å². The number of rotatable bonds is 5. The summed E-state index contributed by atoms with van der Waals surface area (Å²) in [5, 5.41) is 7.05. The Morgan fingerprint density at radius 1 is 1.11 bits per heavy atom. The van der Waals surface area contributed by atoms with Gasteiger partial charge < -0.3 is 14.6 Å². The molecule has 0 fully saturated rings. The lowest BCUT2D eigenvalue weighted by molar-refractivity contribution is -0.119. The molecule has 138 valence electrons. The first-order chi connectivity index (χ1) is 13.0. The quantitative estimate of drug-likeness (QED) is 0.659. The molecule has 0 saturated heterocycles. The zero-order valence-corrected chi connectivity index (χ0v) is 15.5. The van der Waals surface area contributed by atoms with E-state index in [0.717, 1.165) is 5.56 Å². The lowest BCUT2D eigenvalue weighted by Crippen LogP contribution is -2.21. The van der Waals surface area contributed by atoms with Crippen LogP contribution >= 0.6 is 11.6 Å². The van der Waals surface area contributed by atoms with Crippen molar-refractivity contribution < 1.29 is 18.8 Å². The van der Waals surface area contributed by atoms with E-state index in [4.69, 9.17) is 20.9 Å². The normalized spacial score (nSPS) is 10.5. The van der Waals surface area contributed by atoms with Crippen molar-refractivity contribution >= 4 is 29.2 Å². The van der Waals surface area contributed by atoms with Crippen LogP contribution in [-0.4, -0.2) is 23.6 Å². The molecule has 2 aromatic carbocycles. The standard InChI is InChI=1S/C20H17ClN2O4/c1-12-7-3-6-10-16(12)22-17(24)11-26-20(25)18-13(2)27-23-19(18)14-8-4-5-9-15(14)21/h3-10H,11H2,1-2H3,(H,22,24). The van der Waals surface area contributed by atoms with E-state index in [9.17, 15) is 9.59 Å². The van der Waals surface area contributed by atoms with E-state index in [1.165, 1.54) is 0 Å². The van der Waals surface area contributed by atoms with E-state index >= 15 is 0 Å². The third-order valence-electron chi connectivity index (χ3n) is 3.95. The topological polar surface area (TPSA) is 81.4 Å². The summed E-state index contributed by atoms with van der Waals surface area (Å²) >= 11 is 6.18. The lowest BCUT2D eigenvalue weighted by Gasteiger charge is -2.09. The Hall–Kier alpha value is -3.12. The number of carbonyl (C=O) groups is 2. The van der Waals surface area contributed by atoms with Crippen molar-refractivity contribution in [2.45, 2.75) is 13.8 Å². The van der Waals surface area contributed by atoms with Gasteiger partial charge in [0.25, 0.3) is 5.91 Å².